The van der Waals surface area contributed by atoms with E-state index in [0.717, 1.165) is 0 Å². The van der Waals surface area contributed by atoms with Crippen molar-refractivity contribution in [3.05, 3.63) is 47.5 Å². The van der Waals surface area contributed by atoms with Crippen LogP contribution in [-0.4, -0.2) is 57.4 Å². The lowest BCUT2D eigenvalue weighted by Gasteiger charge is -2.19. The lowest BCUT2D eigenvalue weighted by Crippen LogP contribution is -2.30. The first-order chi connectivity index (χ1) is 14.1. The normalized spacial score (nSPS) is 13.7. The Morgan fingerprint density at radius 2 is 0.933 bits per heavy atom. The molecule has 162 valence electrons. The van der Waals surface area contributed by atoms with E-state index in [4.69, 9.17) is 0 Å². The van der Waals surface area contributed by atoms with Crippen LogP contribution in [0.1, 0.15) is 43.6 Å². The number of nitrogens with zero attached hydrogens (tertiary/aromatic N) is 2. The molecule has 0 bridgehead atoms. The molecule has 9 heteroatoms. The van der Waals surface area contributed by atoms with Gasteiger partial charge in [0.1, 0.15) is 0 Å². The molecule has 0 saturated carbocycles. The van der Waals surface area contributed by atoms with Gasteiger partial charge < -0.3 is 0 Å². The minimum Gasteiger partial charge on any atom is -0.289 e. The molecule has 1 aliphatic carbocycles. The Kier molecular flexibility index (Phi) is 6.20. The van der Waals surface area contributed by atoms with Crippen molar-refractivity contribution >= 4 is 25.8 Å². The van der Waals surface area contributed by atoms with Crippen LogP contribution in [0.5, 0.6) is 0 Å². The maximum atomic E-state index is 13.0. The first-order valence-corrected chi connectivity index (χ1v) is 12.8. The number of benzene rings is 2. The van der Waals surface area contributed by atoms with Crippen molar-refractivity contribution < 1.29 is 21.6 Å². The van der Waals surface area contributed by atoms with Gasteiger partial charge in [-0.05, 0) is 35.4 Å². The van der Waals surface area contributed by atoms with E-state index in [1.54, 1.807) is 39.8 Å². The molecule has 30 heavy (non-hydrogen) atoms. The maximum Gasteiger partial charge on any atom is 0.243 e. The quantitative estimate of drug-likeness (QED) is 0.526. The van der Waals surface area contributed by atoms with Crippen LogP contribution in [0.15, 0.2) is 46.2 Å². The van der Waals surface area contributed by atoms with Crippen molar-refractivity contribution in [3.8, 4) is 11.1 Å². The van der Waals surface area contributed by atoms with Gasteiger partial charge in [0.2, 0.25) is 20.0 Å². The number of hydrogen-bond acceptors (Lipinski definition) is 5. The number of rotatable bonds is 8. The summed E-state index contributed by atoms with van der Waals surface area (Å²) in [7, 11) is -7.41. The highest BCUT2D eigenvalue weighted by Gasteiger charge is 2.32. The van der Waals surface area contributed by atoms with Crippen molar-refractivity contribution in [1.82, 2.24) is 8.61 Å². The zero-order valence-electron chi connectivity index (χ0n) is 17.5. The number of carbonyl (C=O) groups excluding carboxylic acids is 1. The highest BCUT2D eigenvalue weighted by molar-refractivity contribution is 7.89. The second-order valence-electron chi connectivity index (χ2n) is 6.92. The fraction of sp³-hybridized carbons (Fsp3) is 0.381. The number of hydrogen-bond donors (Lipinski definition) is 0. The molecule has 0 saturated heterocycles. The lowest BCUT2D eigenvalue weighted by molar-refractivity contribution is 0.104. The summed E-state index contributed by atoms with van der Waals surface area (Å²) in [6, 6.07) is 9.01. The van der Waals surface area contributed by atoms with Crippen molar-refractivity contribution in [2.45, 2.75) is 37.5 Å². The third kappa shape index (κ3) is 3.49. The lowest BCUT2D eigenvalue weighted by atomic mass is 10.1. The average molecular weight is 451 g/mol. The van der Waals surface area contributed by atoms with Crippen LogP contribution in [0.3, 0.4) is 0 Å². The second kappa shape index (κ2) is 8.22. The predicted molar refractivity (Wildman–Crippen MR) is 116 cm³/mol. The summed E-state index contributed by atoms with van der Waals surface area (Å²) in [6.07, 6.45) is 0. The maximum absolute atomic E-state index is 13.0. The van der Waals surface area contributed by atoms with Gasteiger partial charge in [-0.2, -0.15) is 8.61 Å². The Morgan fingerprint density at radius 1 is 0.600 bits per heavy atom. The van der Waals surface area contributed by atoms with Crippen LogP contribution in [-0.2, 0) is 20.0 Å². The summed E-state index contributed by atoms with van der Waals surface area (Å²) in [5.41, 5.74) is 1.77. The SMILES string of the molecule is CCN(CC)S(=O)(=O)c1ccc2c(c1)C(=O)c1cc(S(=O)(=O)N(CC)CC)ccc1-2. The van der Waals surface area contributed by atoms with Crippen LogP contribution < -0.4 is 0 Å². The summed E-state index contributed by atoms with van der Waals surface area (Å²) in [6.45, 7) is 8.35. The van der Waals surface area contributed by atoms with Crippen molar-refractivity contribution in [3.63, 3.8) is 0 Å². The van der Waals surface area contributed by atoms with Crippen LogP contribution in [0.2, 0.25) is 0 Å². The first kappa shape index (κ1) is 22.6. The zero-order valence-corrected chi connectivity index (χ0v) is 19.2. The summed E-state index contributed by atoms with van der Waals surface area (Å²) in [5.74, 6) is -0.367. The van der Waals surface area contributed by atoms with Crippen LogP contribution in [0.4, 0.5) is 0 Å². The largest absolute Gasteiger partial charge is 0.289 e. The molecular weight excluding hydrogens is 424 g/mol. The molecule has 0 amide bonds. The molecule has 0 heterocycles. The topological polar surface area (TPSA) is 91.8 Å². The highest BCUT2D eigenvalue weighted by atomic mass is 32.2. The van der Waals surface area contributed by atoms with Crippen LogP contribution in [0.25, 0.3) is 11.1 Å². The molecule has 2 aromatic carbocycles. The number of ketones is 1. The molecule has 0 fully saturated rings. The molecule has 0 N–H and O–H groups in total. The minimum atomic E-state index is -3.70. The summed E-state index contributed by atoms with van der Waals surface area (Å²) < 4.78 is 54.0. The molecule has 0 spiro atoms. The number of fused-ring (bicyclic) bond motifs is 3. The monoisotopic (exact) mass is 450 g/mol. The average Bonchev–Trinajstić information content (AvgIpc) is 3.01. The van der Waals surface area contributed by atoms with Gasteiger partial charge in [-0.1, -0.05) is 39.8 Å². The van der Waals surface area contributed by atoms with E-state index in [1.807, 2.05) is 0 Å². The molecule has 2 aromatic rings. The zero-order chi connectivity index (χ0) is 22.3. The summed E-state index contributed by atoms with van der Waals surface area (Å²) in [5, 5.41) is 0. The fourth-order valence-electron chi connectivity index (χ4n) is 3.78. The molecule has 0 aliphatic heterocycles. The molecule has 0 radical (unpaired) electrons. The molecule has 1 aliphatic rings. The van der Waals surface area contributed by atoms with E-state index in [0.29, 0.717) is 37.3 Å². The summed E-state index contributed by atoms with van der Waals surface area (Å²) >= 11 is 0. The minimum absolute atomic E-state index is 0.0575. The molecule has 3 rings (SSSR count). The molecular formula is C21H26N2O5S2. The van der Waals surface area contributed by atoms with E-state index in [2.05, 4.69) is 0 Å². The van der Waals surface area contributed by atoms with Gasteiger partial charge in [0.15, 0.2) is 5.78 Å². The highest BCUT2D eigenvalue weighted by Crippen LogP contribution is 2.39. The van der Waals surface area contributed by atoms with E-state index < -0.39 is 20.0 Å². The standard InChI is InChI=1S/C21H26N2O5S2/c1-5-22(6-2)29(25,26)15-9-11-17-18-12-10-16(30(27,28)23(7-3)8-4)14-20(18)21(24)19(17)13-15/h9-14H,5-8H2,1-4H3. The fourth-order valence-corrected chi connectivity index (χ4v) is 6.75. The van der Waals surface area contributed by atoms with Crippen molar-refractivity contribution in [2.24, 2.45) is 0 Å². The third-order valence-electron chi connectivity index (χ3n) is 5.45. The van der Waals surface area contributed by atoms with Crippen LogP contribution >= 0.6 is 0 Å². The van der Waals surface area contributed by atoms with Gasteiger partial charge in [0.05, 0.1) is 9.79 Å². The van der Waals surface area contributed by atoms with Crippen molar-refractivity contribution in [2.75, 3.05) is 26.2 Å². The van der Waals surface area contributed by atoms with Gasteiger partial charge in [0.25, 0.3) is 0 Å². The van der Waals surface area contributed by atoms with E-state index >= 15 is 0 Å². The molecule has 0 aromatic heterocycles. The van der Waals surface area contributed by atoms with Gasteiger partial charge in [-0.25, -0.2) is 16.8 Å². The summed E-state index contributed by atoms with van der Waals surface area (Å²) in [4.78, 5) is 13.2. The molecule has 7 nitrogen and oxygen atoms in total. The second-order valence-corrected chi connectivity index (χ2v) is 10.8. The Morgan fingerprint density at radius 3 is 1.23 bits per heavy atom. The molecule has 0 atom stereocenters. The molecule has 0 unspecified atom stereocenters. The van der Waals surface area contributed by atoms with E-state index in [9.17, 15) is 21.6 Å². The van der Waals surface area contributed by atoms with Gasteiger partial charge in [-0.3, -0.25) is 4.79 Å². The van der Waals surface area contributed by atoms with Crippen LogP contribution in [0, 0.1) is 0 Å². The van der Waals surface area contributed by atoms with E-state index in [-0.39, 0.29) is 26.7 Å². The smallest absolute Gasteiger partial charge is 0.243 e. The Bertz CT molecular complexity index is 1100. The number of sulfonamides is 2. The van der Waals surface area contributed by atoms with Gasteiger partial charge in [0, 0.05) is 37.3 Å². The Hall–Kier alpha value is -2.07. The van der Waals surface area contributed by atoms with Crippen molar-refractivity contribution in [1.29, 1.82) is 0 Å². The van der Waals surface area contributed by atoms with Gasteiger partial charge >= 0.3 is 0 Å². The van der Waals surface area contributed by atoms with E-state index in [1.165, 1.54) is 32.9 Å². The Balaban J connectivity index is 2.08. The third-order valence-corrected chi connectivity index (χ3v) is 9.54. The van der Waals surface area contributed by atoms with Gasteiger partial charge in [-0.15, -0.1) is 0 Å². The predicted octanol–water partition coefficient (Wildman–Crippen LogP) is 2.96. The first-order valence-electron chi connectivity index (χ1n) is 9.96. The number of carbonyl (C=O) groups is 1. The Labute approximate surface area is 178 Å².